The van der Waals surface area contributed by atoms with E-state index < -0.39 is 11.6 Å². The van der Waals surface area contributed by atoms with Gasteiger partial charge in [-0.05, 0) is 27.2 Å². The van der Waals surface area contributed by atoms with Crippen LogP contribution in [0.3, 0.4) is 0 Å². The van der Waals surface area contributed by atoms with Crippen LogP contribution in [0.5, 0.6) is 0 Å². The zero-order chi connectivity index (χ0) is 22.9. The second-order valence-corrected chi connectivity index (χ2v) is 8.65. The van der Waals surface area contributed by atoms with Gasteiger partial charge in [0, 0.05) is 19.6 Å². The molecule has 11 heteroatoms. The summed E-state index contributed by atoms with van der Waals surface area (Å²) < 4.78 is 10.7. The normalized spacial score (nSPS) is 19.8. The van der Waals surface area contributed by atoms with E-state index in [1.165, 1.54) is 6.20 Å². The minimum atomic E-state index is -0.613. The fourth-order valence-corrected chi connectivity index (χ4v) is 3.45. The molecule has 0 bridgehead atoms. The first-order chi connectivity index (χ1) is 15.2. The Hall–Kier alpha value is -3.34. The molecule has 5 heterocycles. The van der Waals surface area contributed by atoms with E-state index in [9.17, 15) is 9.59 Å². The Morgan fingerprint density at radius 1 is 1.19 bits per heavy atom. The summed E-state index contributed by atoms with van der Waals surface area (Å²) in [6, 6.07) is 0.278. The van der Waals surface area contributed by atoms with E-state index in [0.29, 0.717) is 49.2 Å². The van der Waals surface area contributed by atoms with Gasteiger partial charge in [0.1, 0.15) is 11.6 Å². The van der Waals surface area contributed by atoms with Gasteiger partial charge in [0.05, 0.1) is 19.4 Å². The quantitative estimate of drug-likeness (QED) is 0.407. The summed E-state index contributed by atoms with van der Waals surface area (Å²) >= 11 is 0. The molecule has 0 saturated carbocycles. The van der Waals surface area contributed by atoms with Gasteiger partial charge in [-0.2, -0.15) is 9.97 Å². The molecule has 2 aromatic heterocycles. The van der Waals surface area contributed by atoms with Gasteiger partial charge in [-0.25, -0.2) is 14.8 Å². The van der Waals surface area contributed by atoms with Crippen LogP contribution in [0.2, 0.25) is 0 Å². The molecule has 170 valence electrons. The highest BCUT2D eigenvalue weighted by molar-refractivity contribution is 5.97. The highest BCUT2D eigenvalue weighted by Gasteiger charge is 2.44. The fourth-order valence-electron chi connectivity index (χ4n) is 3.45. The van der Waals surface area contributed by atoms with E-state index in [1.807, 2.05) is 15.9 Å². The van der Waals surface area contributed by atoms with Crippen LogP contribution in [0.4, 0.5) is 11.8 Å². The van der Waals surface area contributed by atoms with Crippen molar-refractivity contribution in [3.05, 3.63) is 24.0 Å². The lowest BCUT2D eigenvalue weighted by atomic mass is 10.2. The van der Waals surface area contributed by atoms with Crippen molar-refractivity contribution in [3.8, 4) is 0 Å². The van der Waals surface area contributed by atoms with Crippen molar-refractivity contribution in [2.45, 2.75) is 38.8 Å². The zero-order valence-electron chi connectivity index (χ0n) is 18.4. The van der Waals surface area contributed by atoms with E-state index >= 15 is 0 Å². The molecular weight excluding hydrogens is 414 g/mol. The standard InChI is InChI=1S/C15H20N6O3.C6H7NO/c1-15(2,3)24-13(22)9-8-17-11-10(18-9)12(20-14(16)19-11)21-4-6-23-7-5-21;8-6-5-3-1-2-4-7(5)6/h8H,4-7H2,1-3H3,(H2,16,17,19,20);1-2,5H,3-4H2. The summed E-state index contributed by atoms with van der Waals surface area (Å²) in [5.41, 5.74) is 6.04. The second kappa shape index (κ2) is 8.65. The highest BCUT2D eigenvalue weighted by Crippen LogP contribution is 2.26. The average molecular weight is 441 g/mol. The summed E-state index contributed by atoms with van der Waals surface area (Å²) in [4.78, 5) is 43.7. The molecule has 32 heavy (non-hydrogen) atoms. The van der Waals surface area contributed by atoms with Gasteiger partial charge in [0.15, 0.2) is 22.7 Å². The lowest BCUT2D eigenvalue weighted by Crippen LogP contribution is -2.37. The molecule has 2 aromatic rings. The first-order valence-electron chi connectivity index (χ1n) is 10.5. The first-order valence-corrected chi connectivity index (χ1v) is 10.5. The minimum absolute atomic E-state index is 0.111. The molecule has 1 unspecified atom stereocenters. The van der Waals surface area contributed by atoms with Crippen molar-refractivity contribution in [2.75, 3.05) is 43.5 Å². The minimum Gasteiger partial charge on any atom is -0.455 e. The van der Waals surface area contributed by atoms with Crippen LogP contribution in [0.1, 0.15) is 37.7 Å². The number of hydrogen-bond acceptors (Lipinski definition) is 10. The van der Waals surface area contributed by atoms with Gasteiger partial charge in [-0.3, -0.25) is 4.79 Å². The van der Waals surface area contributed by atoms with E-state index in [4.69, 9.17) is 15.2 Å². The molecule has 3 aliphatic rings. The monoisotopic (exact) mass is 441 g/mol. The maximum atomic E-state index is 12.2. The number of rotatable bonds is 2. The number of aromatic nitrogens is 4. The summed E-state index contributed by atoms with van der Waals surface area (Å²) in [6.45, 7) is 8.72. The smallest absolute Gasteiger partial charge is 0.359 e. The van der Waals surface area contributed by atoms with Gasteiger partial charge in [0.2, 0.25) is 11.9 Å². The van der Waals surface area contributed by atoms with E-state index in [0.717, 1.165) is 13.0 Å². The predicted molar refractivity (Wildman–Crippen MR) is 117 cm³/mol. The third-order valence-electron chi connectivity index (χ3n) is 5.03. The summed E-state index contributed by atoms with van der Waals surface area (Å²) in [5.74, 6) is 0.457. The lowest BCUT2D eigenvalue weighted by Gasteiger charge is -2.28. The molecule has 0 radical (unpaired) electrons. The highest BCUT2D eigenvalue weighted by atomic mass is 16.6. The Morgan fingerprint density at radius 2 is 1.94 bits per heavy atom. The van der Waals surface area contributed by atoms with Gasteiger partial charge in [0.25, 0.3) is 0 Å². The molecule has 11 nitrogen and oxygen atoms in total. The Bertz CT molecular complexity index is 1040. The van der Waals surface area contributed by atoms with Crippen molar-refractivity contribution in [1.82, 2.24) is 24.8 Å². The van der Waals surface area contributed by atoms with Crippen molar-refractivity contribution >= 4 is 34.8 Å². The number of nitrogens with two attached hydrogens (primary N) is 1. The number of nitrogens with zero attached hydrogens (tertiary/aromatic N) is 6. The van der Waals surface area contributed by atoms with Gasteiger partial charge in [-0.15, -0.1) is 0 Å². The molecule has 2 fully saturated rings. The van der Waals surface area contributed by atoms with Crippen LogP contribution < -0.4 is 10.6 Å². The van der Waals surface area contributed by atoms with Crippen LogP contribution in [0.25, 0.3) is 11.2 Å². The third kappa shape index (κ3) is 4.93. The molecule has 3 aliphatic heterocycles. The van der Waals surface area contributed by atoms with Crippen LogP contribution in [-0.2, 0) is 14.3 Å². The number of carbonyl (C=O) groups is 2. The van der Waals surface area contributed by atoms with Gasteiger partial charge in [-0.1, -0.05) is 12.2 Å². The second-order valence-electron chi connectivity index (χ2n) is 8.65. The predicted octanol–water partition coefficient (Wildman–Crippen LogP) is 0.951. The largest absolute Gasteiger partial charge is 0.455 e. The number of ether oxygens (including phenoxy) is 2. The number of nitrogen functional groups attached to an aromatic ring is 1. The van der Waals surface area contributed by atoms with Crippen molar-refractivity contribution < 1.29 is 19.1 Å². The lowest BCUT2D eigenvalue weighted by molar-refractivity contribution is -0.113. The van der Waals surface area contributed by atoms with Crippen LogP contribution >= 0.6 is 0 Å². The molecule has 5 rings (SSSR count). The van der Waals surface area contributed by atoms with Crippen molar-refractivity contribution in [1.29, 1.82) is 0 Å². The Morgan fingerprint density at radius 3 is 2.56 bits per heavy atom. The van der Waals surface area contributed by atoms with Crippen LogP contribution in [-0.4, -0.2) is 81.2 Å². The fraction of sp³-hybridized carbons (Fsp3) is 0.524. The molecule has 1 atom stereocenters. The summed E-state index contributed by atoms with van der Waals surface area (Å²) in [6.07, 6.45) is 6.40. The Balaban J connectivity index is 0.000000254. The Labute approximate surface area is 185 Å². The number of esters is 1. The number of anilines is 2. The number of fused-ring (bicyclic) bond motifs is 2. The maximum absolute atomic E-state index is 12.2. The number of morpholine rings is 1. The van der Waals surface area contributed by atoms with E-state index in [1.54, 1.807) is 20.8 Å². The number of amides is 1. The summed E-state index contributed by atoms with van der Waals surface area (Å²) in [5, 5.41) is 0. The molecule has 2 saturated heterocycles. The molecule has 0 aromatic carbocycles. The summed E-state index contributed by atoms with van der Waals surface area (Å²) in [7, 11) is 0. The van der Waals surface area contributed by atoms with Crippen molar-refractivity contribution in [2.24, 2.45) is 0 Å². The Kier molecular flexibility index (Phi) is 5.92. The van der Waals surface area contributed by atoms with Gasteiger partial charge < -0.3 is 25.0 Å². The van der Waals surface area contributed by atoms with Crippen molar-refractivity contribution in [3.63, 3.8) is 0 Å². The maximum Gasteiger partial charge on any atom is 0.359 e. The molecule has 2 N–H and O–H groups in total. The topological polar surface area (TPSA) is 136 Å². The molecule has 0 aliphatic carbocycles. The molecular formula is C21H27N7O4. The average Bonchev–Trinajstić information content (AvgIpc) is 3.43. The zero-order valence-corrected chi connectivity index (χ0v) is 18.4. The van der Waals surface area contributed by atoms with Crippen LogP contribution in [0.15, 0.2) is 18.3 Å². The third-order valence-corrected chi connectivity index (χ3v) is 5.03. The van der Waals surface area contributed by atoms with E-state index in [-0.39, 0.29) is 17.7 Å². The number of hydrogen-bond donors (Lipinski definition) is 1. The van der Waals surface area contributed by atoms with Crippen LogP contribution in [0, 0.1) is 0 Å². The molecule has 1 amide bonds. The SMILES string of the molecule is CC(C)(C)OC(=O)c1cnc2nc(N)nc(N3CCOCC3)c2n1.O=C1C2CC=CCN12. The molecule has 0 spiro atoms. The van der Waals surface area contributed by atoms with E-state index in [2.05, 4.69) is 26.0 Å². The first kappa shape index (κ1) is 21.9. The van der Waals surface area contributed by atoms with Gasteiger partial charge >= 0.3 is 5.97 Å². The number of carbonyl (C=O) groups excluding carboxylic acids is 2.